The van der Waals surface area contributed by atoms with Gasteiger partial charge >= 0.3 is 12.2 Å². The van der Waals surface area contributed by atoms with E-state index in [4.69, 9.17) is 18.9 Å². The number of fused-ring (bicyclic) bond motifs is 1. The minimum atomic E-state index is -0.743. The third kappa shape index (κ3) is 9.30. The largest absolute Gasteiger partial charge is 0.453 e. The highest BCUT2D eigenvalue weighted by Gasteiger charge is 2.33. The SMILES string of the molecule is COC(=O)N[C@@H](C(=O)N(C)[C@@H](C)c1ncc(-c2ccc3cc(C4OCC(c5cnc([C@H](C)N(C)C(=O)[C@H](NC(=O)OC)C(C)C)[nH]5)CO4)ccc3c2)[nH]1)C(C)C. The number of nitrogens with zero attached hydrogens (tertiary/aromatic N) is 4. The highest BCUT2D eigenvalue weighted by Crippen LogP contribution is 2.33. The van der Waals surface area contributed by atoms with Gasteiger partial charge in [0.25, 0.3) is 0 Å². The molecule has 0 radical (unpaired) electrons. The Hall–Kier alpha value is -5.48. The van der Waals surface area contributed by atoms with Crippen LogP contribution >= 0.6 is 0 Å². The molecule has 1 aliphatic rings. The number of alkyl carbamates (subject to hydrolysis) is 2. The lowest BCUT2D eigenvalue weighted by Gasteiger charge is -2.30. The third-order valence-corrected chi connectivity index (χ3v) is 10.4. The van der Waals surface area contributed by atoms with Crippen LogP contribution in [0.25, 0.3) is 22.0 Å². The topological polar surface area (TPSA) is 193 Å². The van der Waals surface area contributed by atoms with Crippen LogP contribution in [-0.2, 0) is 28.5 Å². The maximum absolute atomic E-state index is 13.3. The van der Waals surface area contributed by atoms with E-state index >= 15 is 0 Å². The average molecular weight is 775 g/mol. The smallest absolute Gasteiger partial charge is 0.407 e. The van der Waals surface area contributed by atoms with Gasteiger partial charge in [-0.1, -0.05) is 52.0 Å². The molecule has 5 rings (SSSR count). The summed E-state index contributed by atoms with van der Waals surface area (Å²) in [7, 11) is 5.90. The van der Waals surface area contributed by atoms with Crippen LogP contribution in [-0.4, -0.2) is 107 Å². The molecule has 0 spiro atoms. The number of likely N-dealkylation sites (N-methyl/N-ethyl adjacent to an activating group) is 2. The molecule has 0 aliphatic carbocycles. The molecular weight excluding hydrogens is 720 g/mol. The van der Waals surface area contributed by atoms with Gasteiger partial charge in [-0.15, -0.1) is 0 Å². The van der Waals surface area contributed by atoms with E-state index < -0.39 is 30.6 Å². The first-order chi connectivity index (χ1) is 26.6. The van der Waals surface area contributed by atoms with E-state index in [9.17, 15) is 19.2 Å². The van der Waals surface area contributed by atoms with Crippen LogP contribution in [0.15, 0.2) is 48.8 Å². The Morgan fingerprint density at radius 2 is 1.23 bits per heavy atom. The molecule has 1 saturated heterocycles. The molecule has 4 atom stereocenters. The number of carbonyl (C=O) groups excluding carboxylic acids is 4. The zero-order chi connectivity index (χ0) is 40.8. The Labute approximate surface area is 327 Å². The van der Waals surface area contributed by atoms with Crippen molar-refractivity contribution in [2.24, 2.45) is 11.8 Å². The summed E-state index contributed by atoms with van der Waals surface area (Å²) in [6, 6.07) is 9.95. The predicted octanol–water partition coefficient (Wildman–Crippen LogP) is 5.58. The second kappa shape index (κ2) is 18.0. The molecule has 4 N–H and O–H groups in total. The second-order valence-corrected chi connectivity index (χ2v) is 14.9. The number of benzene rings is 2. The molecule has 16 heteroatoms. The molecule has 302 valence electrons. The molecule has 2 aromatic carbocycles. The first-order valence-electron chi connectivity index (χ1n) is 18.7. The van der Waals surface area contributed by atoms with Crippen molar-refractivity contribution in [3.63, 3.8) is 0 Å². The van der Waals surface area contributed by atoms with E-state index in [0.717, 1.165) is 33.3 Å². The minimum absolute atomic E-state index is 0.0822. The number of methoxy groups -OCH3 is 2. The number of amides is 4. The number of aromatic nitrogens is 4. The van der Waals surface area contributed by atoms with Gasteiger partial charge in [-0.25, -0.2) is 19.6 Å². The lowest BCUT2D eigenvalue weighted by molar-refractivity contribution is -0.192. The number of carbonyl (C=O) groups is 4. The van der Waals surface area contributed by atoms with Gasteiger partial charge in [-0.2, -0.15) is 0 Å². The van der Waals surface area contributed by atoms with Crippen molar-refractivity contribution in [2.45, 2.75) is 77.9 Å². The van der Waals surface area contributed by atoms with Crippen molar-refractivity contribution < 1.29 is 38.1 Å². The fourth-order valence-corrected chi connectivity index (χ4v) is 6.51. The van der Waals surface area contributed by atoms with Crippen LogP contribution in [0.4, 0.5) is 9.59 Å². The molecular formula is C40H54N8O8. The van der Waals surface area contributed by atoms with Crippen molar-refractivity contribution in [1.82, 2.24) is 40.4 Å². The molecule has 3 heterocycles. The maximum atomic E-state index is 13.3. The van der Waals surface area contributed by atoms with Crippen LogP contribution < -0.4 is 10.6 Å². The quantitative estimate of drug-likeness (QED) is 0.133. The van der Waals surface area contributed by atoms with Gasteiger partial charge in [-0.3, -0.25) is 9.59 Å². The molecule has 2 aromatic heterocycles. The molecule has 16 nitrogen and oxygen atoms in total. The highest BCUT2D eigenvalue weighted by molar-refractivity contribution is 5.88. The van der Waals surface area contributed by atoms with E-state index in [-0.39, 0.29) is 41.7 Å². The number of nitrogens with one attached hydrogen (secondary N) is 4. The summed E-state index contributed by atoms with van der Waals surface area (Å²) in [5, 5.41) is 7.30. The average Bonchev–Trinajstić information content (AvgIpc) is 3.91. The van der Waals surface area contributed by atoms with Crippen LogP contribution in [0, 0.1) is 11.8 Å². The first-order valence-corrected chi connectivity index (χ1v) is 18.7. The van der Waals surface area contributed by atoms with Crippen LogP contribution in [0.5, 0.6) is 0 Å². The Morgan fingerprint density at radius 3 is 1.77 bits per heavy atom. The molecule has 0 saturated carbocycles. The molecule has 0 bridgehead atoms. The van der Waals surface area contributed by atoms with Gasteiger partial charge in [-0.05, 0) is 48.6 Å². The lowest BCUT2D eigenvalue weighted by atomic mass is 10.0. The van der Waals surface area contributed by atoms with Crippen LogP contribution in [0.2, 0.25) is 0 Å². The molecule has 1 aliphatic heterocycles. The zero-order valence-corrected chi connectivity index (χ0v) is 33.7. The summed E-state index contributed by atoms with van der Waals surface area (Å²) >= 11 is 0. The van der Waals surface area contributed by atoms with Crippen molar-refractivity contribution >= 4 is 34.8 Å². The standard InChI is InChI=1S/C40H54N8O8/c1-21(2)32(45-39(51)53-9)36(49)47(7)23(5)34-41-17-30(43-34)27-13-11-26-16-28(14-12-25(26)15-27)38-55-19-29(20-56-38)31-18-42-35(44-31)24(6)48(8)37(50)33(22(3)4)46-40(52)54-10/h11-18,21-24,29,32-33,38H,19-20H2,1-10H3,(H,41,43)(H,42,44)(H,45,51)(H,46,52)/t23-,24-,29?,32+,33+,38?/m0/s1. The fourth-order valence-electron chi connectivity index (χ4n) is 6.51. The summed E-state index contributed by atoms with van der Waals surface area (Å²) in [5.74, 6) is 0.366. The Morgan fingerprint density at radius 1 is 0.732 bits per heavy atom. The number of hydrogen-bond acceptors (Lipinski definition) is 10. The molecule has 0 unspecified atom stereocenters. The summed E-state index contributed by atoms with van der Waals surface area (Å²) in [5.41, 5.74) is 3.48. The number of H-pyrrole nitrogens is 2. The van der Waals surface area contributed by atoms with Crippen molar-refractivity contribution in [3.8, 4) is 11.3 Å². The third-order valence-electron chi connectivity index (χ3n) is 10.4. The zero-order valence-electron chi connectivity index (χ0n) is 33.7. The maximum Gasteiger partial charge on any atom is 0.407 e. The summed E-state index contributed by atoms with van der Waals surface area (Å²) in [4.78, 5) is 69.2. The van der Waals surface area contributed by atoms with Crippen molar-refractivity contribution in [3.05, 3.63) is 71.7 Å². The predicted molar refractivity (Wildman–Crippen MR) is 208 cm³/mol. The molecule has 56 heavy (non-hydrogen) atoms. The summed E-state index contributed by atoms with van der Waals surface area (Å²) < 4.78 is 21.8. The van der Waals surface area contributed by atoms with Gasteiger partial charge in [0.15, 0.2) is 6.29 Å². The van der Waals surface area contributed by atoms with E-state index in [2.05, 4.69) is 42.7 Å². The van der Waals surface area contributed by atoms with Crippen LogP contribution in [0.3, 0.4) is 0 Å². The number of rotatable bonds is 13. The summed E-state index contributed by atoms with van der Waals surface area (Å²) in [6.45, 7) is 12.0. The van der Waals surface area contributed by atoms with Gasteiger partial charge in [0, 0.05) is 43.0 Å². The first kappa shape index (κ1) is 41.7. The Bertz CT molecular complexity index is 2000. The van der Waals surface area contributed by atoms with Crippen LogP contribution in [0.1, 0.15) is 88.7 Å². The van der Waals surface area contributed by atoms with E-state index in [1.165, 1.54) is 14.2 Å². The minimum Gasteiger partial charge on any atom is -0.453 e. The number of ether oxygens (including phenoxy) is 4. The van der Waals surface area contributed by atoms with E-state index in [1.54, 1.807) is 36.3 Å². The summed E-state index contributed by atoms with van der Waals surface area (Å²) in [6.07, 6.45) is 1.64. The Balaban J connectivity index is 1.19. The van der Waals surface area contributed by atoms with Crippen molar-refractivity contribution in [2.75, 3.05) is 41.5 Å². The van der Waals surface area contributed by atoms with E-state index in [1.807, 2.05) is 65.8 Å². The fraction of sp³-hybridized carbons (Fsp3) is 0.500. The van der Waals surface area contributed by atoms with Crippen molar-refractivity contribution in [1.29, 1.82) is 0 Å². The van der Waals surface area contributed by atoms with Gasteiger partial charge in [0.2, 0.25) is 11.8 Å². The molecule has 4 aromatic rings. The number of imidazole rings is 2. The van der Waals surface area contributed by atoms with E-state index in [0.29, 0.717) is 24.9 Å². The monoisotopic (exact) mass is 774 g/mol. The molecule has 4 amide bonds. The highest BCUT2D eigenvalue weighted by atomic mass is 16.7. The second-order valence-electron chi connectivity index (χ2n) is 14.9. The number of aromatic amines is 2. The normalized spacial score (nSPS) is 17.9. The van der Waals surface area contributed by atoms with Gasteiger partial charge < -0.3 is 49.3 Å². The number of hydrogen-bond donors (Lipinski definition) is 4. The van der Waals surface area contributed by atoms with Gasteiger partial charge in [0.1, 0.15) is 23.7 Å². The van der Waals surface area contributed by atoms with Gasteiger partial charge in [0.05, 0.1) is 51.4 Å². The lowest BCUT2D eigenvalue weighted by Crippen LogP contribution is -2.50. The molecule has 1 fully saturated rings. The Kier molecular flexibility index (Phi) is 13.4.